The maximum atomic E-state index is 14.1. The van der Waals surface area contributed by atoms with Gasteiger partial charge < -0.3 is 14.6 Å². The van der Waals surface area contributed by atoms with Gasteiger partial charge in [0.25, 0.3) is 11.5 Å². The van der Waals surface area contributed by atoms with Crippen molar-refractivity contribution < 1.29 is 18.3 Å². The van der Waals surface area contributed by atoms with Crippen molar-refractivity contribution in [3.63, 3.8) is 0 Å². The van der Waals surface area contributed by atoms with Crippen molar-refractivity contribution in [3.8, 4) is 16.9 Å². The summed E-state index contributed by atoms with van der Waals surface area (Å²) >= 11 is 0. The van der Waals surface area contributed by atoms with Crippen molar-refractivity contribution in [1.29, 1.82) is 0 Å². The molecule has 5 rings (SSSR count). The molecule has 3 aliphatic heterocycles. The Labute approximate surface area is 187 Å². The van der Waals surface area contributed by atoms with E-state index in [1.54, 1.807) is 41.2 Å². The summed E-state index contributed by atoms with van der Waals surface area (Å²) in [4.78, 5) is 26.3. The second-order valence-electron chi connectivity index (χ2n) is 7.90. The van der Waals surface area contributed by atoms with Gasteiger partial charge in [0.2, 0.25) is 0 Å². The Kier molecular flexibility index (Phi) is 5.47. The number of carbonyl (C=O) groups is 1. The lowest BCUT2D eigenvalue weighted by molar-refractivity contribution is 0.0961. The molecule has 2 aromatic carbocycles. The highest BCUT2D eigenvalue weighted by Crippen LogP contribution is 2.25. The Morgan fingerprint density at radius 1 is 1.15 bits per heavy atom. The van der Waals surface area contributed by atoms with E-state index in [-0.39, 0.29) is 34.2 Å². The summed E-state index contributed by atoms with van der Waals surface area (Å²) in [6.45, 7) is 1.13. The number of carbonyl (C=O) groups excluding carboxylic acids is 1. The predicted molar refractivity (Wildman–Crippen MR) is 118 cm³/mol. The highest BCUT2D eigenvalue weighted by molar-refractivity contribution is 6.08. The van der Waals surface area contributed by atoms with E-state index in [9.17, 15) is 18.4 Å². The average molecular weight is 450 g/mol. The van der Waals surface area contributed by atoms with Crippen LogP contribution in [0.4, 0.5) is 14.5 Å². The van der Waals surface area contributed by atoms with E-state index in [0.717, 1.165) is 25.0 Å². The van der Waals surface area contributed by atoms with Crippen LogP contribution in [0.25, 0.3) is 16.9 Å². The molecule has 1 N–H and O–H groups in total. The normalized spacial score (nSPS) is 15.8. The minimum atomic E-state index is -0.901. The average Bonchev–Trinajstić information content (AvgIpc) is 3.44. The van der Waals surface area contributed by atoms with Gasteiger partial charge in [0.05, 0.1) is 28.6 Å². The summed E-state index contributed by atoms with van der Waals surface area (Å²) in [6, 6.07) is 11.7. The first-order chi connectivity index (χ1) is 16.0. The molecule has 3 aliphatic rings. The van der Waals surface area contributed by atoms with Crippen LogP contribution in [0.5, 0.6) is 0 Å². The summed E-state index contributed by atoms with van der Waals surface area (Å²) in [6.07, 6.45) is 5.02. The Bertz CT molecular complexity index is 1340. The highest BCUT2D eigenvalue weighted by atomic mass is 19.1. The number of hydrogen-bond donors (Lipinski definition) is 1. The third kappa shape index (κ3) is 4.14. The van der Waals surface area contributed by atoms with Crippen molar-refractivity contribution in [2.24, 2.45) is 0 Å². The third-order valence-electron chi connectivity index (χ3n) is 5.59. The molecule has 33 heavy (non-hydrogen) atoms. The largest absolute Gasteiger partial charge is 0.376 e. The number of nitrogens with one attached hydrogen (secondary N) is 1. The summed E-state index contributed by atoms with van der Waals surface area (Å²) in [5, 5.41) is 6.86. The quantitative estimate of drug-likeness (QED) is 0.501. The Hall–Kier alpha value is -3.85. The number of para-hydroxylation sites is 1. The number of pyridine rings is 1. The molecule has 0 bridgehead atoms. The van der Waals surface area contributed by atoms with Gasteiger partial charge in [-0.3, -0.25) is 9.59 Å². The number of ether oxygens (including phenoxy) is 1. The van der Waals surface area contributed by atoms with Crippen LogP contribution in [0.15, 0.2) is 65.7 Å². The second kappa shape index (κ2) is 8.59. The van der Waals surface area contributed by atoms with Crippen LogP contribution in [-0.2, 0) is 11.3 Å². The summed E-state index contributed by atoms with van der Waals surface area (Å²) < 4.78 is 36.0. The number of aromatic nitrogens is 3. The molecule has 1 unspecified atom stereocenters. The molecule has 1 saturated heterocycles. The fourth-order valence-electron chi connectivity index (χ4n) is 3.98. The standard InChI is InChI=1S/C24H20F2N4O3/c25-15-8-9-21(20(26)11-15)27-23(31)18-13-29(12-17-7-4-10-33-17)14-19-22(18)28-30(24(19)32)16-5-2-1-3-6-16/h1-3,5-6,8-9,11,13-14,17H,4,7,10,12H2,(H,27,31). The van der Waals surface area contributed by atoms with Crippen LogP contribution in [-0.4, -0.2) is 33.0 Å². The number of amides is 1. The number of halogens is 2. The van der Waals surface area contributed by atoms with Gasteiger partial charge >= 0.3 is 0 Å². The number of nitrogens with zero attached hydrogens (tertiary/aromatic N) is 3. The van der Waals surface area contributed by atoms with Gasteiger partial charge in [-0.05, 0) is 37.1 Å². The van der Waals surface area contributed by atoms with E-state index in [2.05, 4.69) is 10.4 Å². The molecule has 0 spiro atoms. The van der Waals surface area contributed by atoms with Crippen LogP contribution in [0, 0.1) is 11.6 Å². The van der Waals surface area contributed by atoms with Gasteiger partial charge in [-0.25, -0.2) is 8.78 Å². The summed E-state index contributed by atoms with van der Waals surface area (Å²) in [5.74, 6) is -2.31. The van der Waals surface area contributed by atoms with Gasteiger partial charge in [0.15, 0.2) is 0 Å². The lowest BCUT2D eigenvalue weighted by Crippen LogP contribution is -2.21. The van der Waals surface area contributed by atoms with E-state index >= 15 is 0 Å². The number of anilines is 1. The molecular weight excluding hydrogens is 430 g/mol. The molecule has 9 heteroatoms. The zero-order valence-corrected chi connectivity index (χ0v) is 17.5. The molecule has 0 radical (unpaired) electrons. The van der Waals surface area contributed by atoms with Gasteiger partial charge in [-0.2, -0.15) is 9.78 Å². The van der Waals surface area contributed by atoms with Crippen molar-refractivity contribution in [2.75, 3.05) is 11.9 Å². The molecule has 0 aromatic heterocycles. The van der Waals surface area contributed by atoms with Crippen molar-refractivity contribution >= 4 is 11.6 Å². The maximum absolute atomic E-state index is 14.1. The lowest BCUT2D eigenvalue weighted by atomic mass is 10.1. The molecule has 1 atom stereocenters. The lowest BCUT2D eigenvalue weighted by Gasteiger charge is -2.16. The molecule has 7 nitrogen and oxygen atoms in total. The van der Waals surface area contributed by atoms with Gasteiger partial charge in [0.1, 0.15) is 17.3 Å². The van der Waals surface area contributed by atoms with Crippen LogP contribution in [0.2, 0.25) is 0 Å². The van der Waals surface area contributed by atoms with Crippen molar-refractivity contribution in [1.82, 2.24) is 14.3 Å². The zero-order chi connectivity index (χ0) is 22.9. The van der Waals surface area contributed by atoms with Gasteiger partial charge in [-0.15, -0.1) is 0 Å². The van der Waals surface area contributed by atoms with Gasteiger partial charge in [-0.1, -0.05) is 18.2 Å². The van der Waals surface area contributed by atoms with E-state index in [4.69, 9.17) is 4.74 Å². The third-order valence-corrected chi connectivity index (χ3v) is 5.59. The van der Waals surface area contributed by atoms with Crippen LogP contribution < -0.4 is 10.9 Å². The molecule has 1 fully saturated rings. The SMILES string of the molecule is O=C(Nc1ccc(F)cc1F)c1cn(CC2CCCO2)cc2c(=O)n(-c3ccccc3)nc1-2. The number of fused-ring (bicyclic) bond motifs is 1. The Balaban J connectivity index is 1.60. The van der Waals surface area contributed by atoms with E-state index < -0.39 is 17.5 Å². The molecule has 0 aliphatic carbocycles. The smallest absolute Gasteiger partial charge is 0.282 e. The molecule has 3 heterocycles. The van der Waals surface area contributed by atoms with E-state index in [0.29, 0.717) is 24.9 Å². The van der Waals surface area contributed by atoms with Gasteiger partial charge in [0, 0.05) is 31.6 Å². The first kappa shape index (κ1) is 21.0. The van der Waals surface area contributed by atoms with Crippen LogP contribution in [0.1, 0.15) is 23.2 Å². The van der Waals surface area contributed by atoms with Crippen LogP contribution in [0.3, 0.4) is 0 Å². The molecule has 2 aromatic rings. The molecule has 0 saturated carbocycles. The number of hydrogen-bond acceptors (Lipinski definition) is 4. The molecule has 168 valence electrons. The summed E-state index contributed by atoms with van der Waals surface area (Å²) in [7, 11) is 0. The summed E-state index contributed by atoms with van der Waals surface area (Å²) in [5.41, 5.74) is 0.548. The van der Waals surface area contributed by atoms with Crippen LogP contribution >= 0.6 is 0 Å². The fourth-order valence-corrected chi connectivity index (χ4v) is 3.98. The highest BCUT2D eigenvalue weighted by Gasteiger charge is 2.26. The van der Waals surface area contributed by atoms with E-state index in [1.807, 2.05) is 6.07 Å². The molecular formula is C24H20F2N4O3. The minimum absolute atomic E-state index is 0.0304. The predicted octanol–water partition coefficient (Wildman–Crippen LogP) is 3.85. The minimum Gasteiger partial charge on any atom is -0.376 e. The Morgan fingerprint density at radius 2 is 1.97 bits per heavy atom. The van der Waals surface area contributed by atoms with Crippen molar-refractivity contribution in [2.45, 2.75) is 25.5 Å². The number of rotatable bonds is 5. The first-order valence-corrected chi connectivity index (χ1v) is 10.6. The topological polar surface area (TPSA) is 78.2 Å². The first-order valence-electron chi connectivity index (χ1n) is 10.6. The monoisotopic (exact) mass is 450 g/mol. The fraction of sp³-hybridized carbons (Fsp3) is 0.208. The second-order valence-corrected chi connectivity index (χ2v) is 7.90. The Morgan fingerprint density at radius 3 is 2.70 bits per heavy atom. The zero-order valence-electron chi connectivity index (χ0n) is 17.5. The van der Waals surface area contributed by atoms with Crippen molar-refractivity contribution in [3.05, 3.63) is 88.5 Å². The number of benzene rings is 2. The van der Waals surface area contributed by atoms with E-state index in [1.165, 1.54) is 4.68 Å². The molecule has 1 amide bonds. The maximum Gasteiger partial charge on any atom is 0.282 e.